The zero-order chi connectivity index (χ0) is 17.2. The lowest BCUT2D eigenvalue weighted by Crippen LogP contribution is -2.31. The highest BCUT2D eigenvalue weighted by Crippen LogP contribution is 2.31. The first-order chi connectivity index (χ1) is 11.5. The molecule has 0 amide bonds. The van der Waals surface area contributed by atoms with E-state index in [1.165, 1.54) is 11.1 Å². The number of likely N-dealkylation sites (tertiary alicyclic amines) is 1. The third-order valence-electron chi connectivity index (χ3n) is 4.55. The third-order valence-corrected chi connectivity index (χ3v) is 4.55. The summed E-state index contributed by atoms with van der Waals surface area (Å²) >= 11 is 0. The minimum absolute atomic E-state index is 0.246. The fourth-order valence-corrected chi connectivity index (χ4v) is 3.20. The standard InChI is InChI=1S/C18H26N4O2/c1-14(2)22-11-17(19-20-22)18(23)7-8-21(13-18)10-15-5-4-6-16(9-15)12-24-3/h4-6,9,11,14,23H,7-8,10,12-13H2,1-3H3. The molecule has 6 nitrogen and oxygen atoms in total. The van der Waals surface area contributed by atoms with Crippen LogP contribution >= 0.6 is 0 Å². The van der Waals surface area contributed by atoms with Crippen LogP contribution in [0.25, 0.3) is 0 Å². The normalized spacial score (nSPS) is 21.7. The maximum Gasteiger partial charge on any atom is 0.124 e. The Hall–Kier alpha value is -1.76. The van der Waals surface area contributed by atoms with Gasteiger partial charge in [0.15, 0.2) is 0 Å². The van der Waals surface area contributed by atoms with Crippen molar-refractivity contribution in [2.45, 2.75) is 45.1 Å². The van der Waals surface area contributed by atoms with Crippen molar-refractivity contribution in [2.75, 3.05) is 20.2 Å². The van der Waals surface area contributed by atoms with E-state index in [0.717, 1.165) is 13.1 Å². The number of rotatable bonds is 6. The molecule has 0 spiro atoms. The molecule has 2 heterocycles. The van der Waals surface area contributed by atoms with Gasteiger partial charge in [-0.1, -0.05) is 29.5 Å². The van der Waals surface area contributed by atoms with Gasteiger partial charge in [0, 0.05) is 32.8 Å². The van der Waals surface area contributed by atoms with Crippen LogP contribution in [-0.4, -0.2) is 45.2 Å². The highest BCUT2D eigenvalue weighted by molar-refractivity contribution is 5.23. The molecular weight excluding hydrogens is 304 g/mol. The Kier molecular flexibility index (Phi) is 4.99. The number of aromatic nitrogens is 3. The van der Waals surface area contributed by atoms with Gasteiger partial charge in [0.25, 0.3) is 0 Å². The number of aliphatic hydroxyl groups is 1. The molecule has 1 aromatic carbocycles. The lowest BCUT2D eigenvalue weighted by atomic mass is 10.00. The third kappa shape index (κ3) is 3.66. The summed E-state index contributed by atoms with van der Waals surface area (Å²) in [5, 5.41) is 19.3. The molecule has 0 radical (unpaired) electrons. The predicted octanol–water partition coefficient (Wildman–Crippen LogP) is 2.10. The molecule has 24 heavy (non-hydrogen) atoms. The summed E-state index contributed by atoms with van der Waals surface area (Å²) in [7, 11) is 1.71. The van der Waals surface area contributed by atoms with Crippen LogP contribution in [0.2, 0.25) is 0 Å². The van der Waals surface area contributed by atoms with Crippen molar-refractivity contribution in [3.63, 3.8) is 0 Å². The molecule has 0 aliphatic carbocycles. The summed E-state index contributed by atoms with van der Waals surface area (Å²) in [6.07, 6.45) is 2.55. The largest absolute Gasteiger partial charge is 0.382 e. The summed E-state index contributed by atoms with van der Waals surface area (Å²) in [5.41, 5.74) is 2.17. The van der Waals surface area contributed by atoms with Gasteiger partial charge in [-0.15, -0.1) is 5.10 Å². The van der Waals surface area contributed by atoms with Gasteiger partial charge in [0.2, 0.25) is 0 Å². The summed E-state index contributed by atoms with van der Waals surface area (Å²) in [6, 6.07) is 8.65. The fraction of sp³-hybridized carbons (Fsp3) is 0.556. The summed E-state index contributed by atoms with van der Waals surface area (Å²) in [4.78, 5) is 2.26. The summed E-state index contributed by atoms with van der Waals surface area (Å²) in [5.74, 6) is 0. The maximum atomic E-state index is 11.0. The Bertz CT molecular complexity index is 685. The van der Waals surface area contributed by atoms with Gasteiger partial charge in [0.1, 0.15) is 11.3 Å². The first-order valence-corrected chi connectivity index (χ1v) is 8.44. The number of ether oxygens (including phenoxy) is 1. The molecule has 1 saturated heterocycles. The van der Waals surface area contributed by atoms with Crippen molar-refractivity contribution in [3.05, 3.63) is 47.3 Å². The highest BCUT2D eigenvalue weighted by atomic mass is 16.5. The van der Waals surface area contributed by atoms with E-state index in [9.17, 15) is 5.11 Å². The van der Waals surface area contributed by atoms with Gasteiger partial charge in [0.05, 0.1) is 12.8 Å². The smallest absolute Gasteiger partial charge is 0.124 e. The first-order valence-electron chi connectivity index (χ1n) is 8.44. The van der Waals surface area contributed by atoms with E-state index >= 15 is 0 Å². The lowest BCUT2D eigenvalue weighted by Gasteiger charge is -2.21. The van der Waals surface area contributed by atoms with Gasteiger partial charge in [-0.2, -0.15) is 0 Å². The molecule has 0 saturated carbocycles. The van der Waals surface area contributed by atoms with E-state index in [0.29, 0.717) is 25.3 Å². The maximum absolute atomic E-state index is 11.0. The topological polar surface area (TPSA) is 63.4 Å². The number of nitrogens with zero attached hydrogens (tertiary/aromatic N) is 4. The molecule has 0 bridgehead atoms. The van der Waals surface area contributed by atoms with Crippen molar-refractivity contribution in [1.82, 2.24) is 19.9 Å². The summed E-state index contributed by atoms with van der Waals surface area (Å²) < 4.78 is 6.99. The molecule has 1 atom stereocenters. The van der Waals surface area contributed by atoms with Crippen LogP contribution in [-0.2, 0) is 23.5 Å². The molecule has 6 heteroatoms. The van der Waals surface area contributed by atoms with Crippen LogP contribution in [0, 0.1) is 0 Å². The van der Waals surface area contributed by atoms with E-state index in [4.69, 9.17) is 4.74 Å². The van der Waals surface area contributed by atoms with Crippen LogP contribution in [0.4, 0.5) is 0 Å². The van der Waals surface area contributed by atoms with E-state index in [1.807, 2.05) is 6.20 Å². The molecule has 2 aromatic rings. The molecule has 1 N–H and O–H groups in total. The number of hydrogen-bond donors (Lipinski definition) is 1. The molecule has 1 aromatic heterocycles. The van der Waals surface area contributed by atoms with E-state index < -0.39 is 5.60 Å². The fourth-order valence-electron chi connectivity index (χ4n) is 3.20. The Morgan fingerprint density at radius 3 is 2.83 bits per heavy atom. The molecule has 3 rings (SSSR count). The molecule has 1 aliphatic heterocycles. The van der Waals surface area contributed by atoms with Crippen LogP contribution in [0.1, 0.15) is 43.1 Å². The predicted molar refractivity (Wildman–Crippen MR) is 91.4 cm³/mol. The Labute approximate surface area is 143 Å². The molecule has 1 fully saturated rings. The highest BCUT2D eigenvalue weighted by Gasteiger charge is 2.40. The average Bonchev–Trinajstić information content (AvgIpc) is 3.16. The minimum Gasteiger partial charge on any atom is -0.382 e. The molecule has 1 aliphatic rings. The van der Waals surface area contributed by atoms with Crippen molar-refractivity contribution < 1.29 is 9.84 Å². The van der Waals surface area contributed by atoms with Gasteiger partial charge in [-0.3, -0.25) is 4.90 Å². The van der Waals surface area contributed by atoms with Gasteiger partial charge >= 0.3 is 0 Å². The molecule has 130 valence electrons. The minimum atomic E-state index is -0.905. The average molecular weight is 330 g/mol. The van der Waals surface area contributed by atoms with Gasteiger partial charge < -0.3 is 9.84 Å². The second-order valence-corrected chi connectivity index (χ2v) is 6.92. The zero-order valence-corrected chi connectivity index (χ0v) is 14.6. The second kappa shape index (κ2) is 7.01. The van der Waals surface area contributed by atoms with Crippen LogP contribution in [0.3, 0.4) is 0 Å². The van der Waals surface area contributed by atoms with Crippen molar-refractivity contribution in [2.24, 2.45) is 0 Å². The van der Waals surface area contributed by atoms with Crippen LogP contribution in [0.5, 0.6) is 0 Å². The Morgan fingerprint density at radius 2 is 2.12 bits per heavy atom. The number of β-amino-alcohol motifs (C(OH)–C–C–N with tert-alkyl or cyclic N) is 1. The Morgan fingerprint density at radius 1 is 1.33 bits per heavy atom. The quantitative estimate of drug-likeness (QED) is 0.879. The van der Waals surface area contributed by atoms with Crippen LogP contribution < -0.4 is 0 Å². The van der Waals surface area contributed by atoms with Crippen LogP contribution in [0.15, 0.2) is 30.5 Å². The van der Waals surface area contributed by atoms with Gasteiger partial charge in [-0.25, -0.2) is 4.68 Å². The SMILES string of the molecule is COCc1cccc(CN2CCC(O)(c3cn(C(C)C)nn3)C2)c1. The van der Waals surface area contributed by atoms with E-state index in [1.54, 1.807) is 11.8 Å². The number of methoxy groups -OCH3 is 1. The monoisotopic (exact) mass is 330 g/mol. The van der Waals surface area contributed by atoms with Crippen molar-refractivity contribution in [3.8, 4) is 0 Å². The second-order valence-electron chi connectivity index (χ2n) is 6.92. The molecular formula is C18H26N4O2. The summed E-state index contributed by atoms with van der Waals surface area (Å²) in [6.45, 7) is 6.97. The van der Waals surface area contributed by atoms with Gasteiger partial charge in [-0.05, 0) is 31.4 Å². The lowest BCUT2D eigenvalue weighted by molar-refractivity contribution is 0.0408. The molecule has 1 unspecified atom stereocenters. The number of benzene rings is 1. The number of hydrogen-bond acceptors (Lipinski definition) is 5. The van der Waals surface area contributed by atoms with E-state index in [2.05, 4.69) is 53.3 Å². The van der Waals surface area contributed by atoms with Crippen molar-refractivity contribution >= 4 is 0 Å². The zero-order valence-electron chi connectivity index (χ0n) is 14.6. The Balaban J connectivity index is 1.67. The van der Waals surface area contributed by atoms with Crippen molar-refractivity contribution in [1.29, 1.82) is 0 Å². The van der Waals surface area contributed by atoms with E-state index in [-0.39, 0.29) is 6.04 Å². The first kappa shape index (κ1) is 17.1.